The van der Waals surface area contributed by atoms with Gasteiger partial charge in [-0.15, -0.1) is 6.42 Å². The number of hydrogen-bond donors (Lipinski definition) is 1. The highest BCUT2D eigenvalue weighted by molar-refractivity contribution is 6.03. The van der Waals surface area contributed by atoms with E-state index in [2.05, 4.69) is 28.5 Å². The molecule has 7 rings (SSSR count). The van der Waals surface area contributed by atoms with Crippen molar-refractivity contribution in [3.05, 3.63) is 60.3 Å². The number of hydrogen-bond acceptors (Lipinski definition) is 10. The number of amides is 1. The molecule has 0 aliphatic carbocycles. The number of alkyl halides is 1. The summed E-state index contributed by atoms with van der Waals surface area (Å²) in [4.78, 5) is 32.0. The second-order valence-electron chi connectivity index (χ2n) is 14.6. The number of fused-ring (bicyclic) bond motifs is 2. The van der Waals surface area contributed by atoms with Gasteiger partial charge in [0, 0.05) is 75.5 Å². The molecule has 3 fully saturated rings. The van der Waals surface area contributed by atoms with Crippen LogP contribution in [-0.2, 0) is 9.53 Å². The van der Waals surface area contributed by atoms with E-state index in [0.29, 0.717) is 44.5 Å². The molecule has 3 aliphatic rings. The largest absolute Gasteiger partial charge is 0.508 e. The molecule has 1 N–H and O–H groups in total. The molecule has 1 amide bonds. The molecule has 4 aromatic rings. The minimum Gasteiger partial charge on any atom is -0.508 e. The minimum atomic E-state index is -1.20. The Bertz CT molecular complexity index is 2240. The SMILES string of the molecule is C#Cc1c(F)ccc2cc(O)cc(-c3ncc4c(N(C)C[C@@H]5CCCN5C(=O)C=C)nc(OC[C@]5([C@H](C)C#N)C[C@@H](F)CN5C5CCOCC5)nc4c3F)c12. The summed E-state index contributed by atoms with van der Waals surface area (Å²) >= 11 is 0. The number of benzene rings is 2. The zero-order valence-corrected chi connectivity index (χ0v) is 30.8. The van der Waals surface area contributed by atoms with Crippen LogP contribution in [0.3, 0.4) is 0 Å². The maximum atomic E-state index is 17.1. The van der Waals surface area contributed by atoms with Crippen LogP contribution in [0.5, 0.6) is 11.8 Å². The zero-order valence-electron chi connectivity index (χ0n) is 30.8. The number of rotatable bonds is 10. The fourth-order valence-corrected chi connectivity index (χ4v) is 8.63. The highest BCUT2D eigenvalue weighted by Crippen LogP contribution is 2.42. The topological polar surface area (TPSA) is 128 Å². The van der Waals surface area contributed by atoms with Crippen molar-refractivity contribution in [2.24, 2.45) is 5.92 Å². The third-order valence-electron chi connectivity index (χ3n) is 11.4. The van der Waals surface area contributed by atoms with Gasteiger partial charge in [0.1, 0.15) is 41.4 Å². The fraction of sp³-hybridized carbons (Fsp3) is 0.439. The maximum absolute atomic E-state index is 17.1. The van der Waals surface area contributed by atoms with Crippen molar-refractivity contribution in [1.29, 1.82) is 5.26 Å². The number of carbonyl (C=O) groups excluding carboxylic acids is 1. The predicted molar refractivity (Wildman–Crippen MR) is 201 cm³/mol. The number of aromatic nitrogens is 3. The van der Waals surface area contributed by atoms with Crippen LogP contribution in [0, 0.1) is 41.2 Å². The van der Waals surface area contributed by atoms with Crippen LogP contribution in [0.2, 0.25) is 0 Å². The van der Waals surface area contributed by atoms with Gasteiger partial charge in [-0.2, -0.15) is 15.2 Å². The molecule has 0 spiro atoms. The average molecular weight is 754 g/mol. The minimum absolute atomic E-state index is 0.0262. The summed E-state index contributed by atoms with van der Waals surface area (Å²) in [6.45, 7) is 7.31. The number of phenolic OH excluding ortho intramolecular Hbond substituents is 1. The Hall–Kier alpha value is -5.44. The number of phenols is 1. The third kappa shape index (κ3) is 6.90. The molecular weight excluding hydrogens is 711 g/mol. The van der Waals surface area contributed by atoms with Gasteiger partial charge in [0.2, 0.25) is 5.91 Å². The van der Waals surface area contributed by atoms with Crippen LogP contribution in [-0.4, -0.2) is 106 Å². The van der Waals surface area contributed by atoms with Crippen LogP contribution < -0.4 is 9.64 Å². The van der Waals surface area contributed by atoms with Gasteiger partial charge in [-0.25, -0.2) is 13.2 Å². The Morgan fingerprint density at radius 2 is 2.05 bits per heavy atom. The lowest BCUT2D eigenvalue weighted by Crippen LogP contribution is -2.57. The maximum Gasteiger partial charge on any atom is 0.319 e. The van der Waals surface area contributed by atoms with Gasteiger partial charge < -0.3 is 24.4 Å². The van der Waals surface area contributed by atoms with Crippen molar-refractivity contribution in [3.63, 3.8) is 0 Å². The molecule has 4 atom stereocenters. The van der Waals surface area contributed by atoms with Crippen LogP contribution >= 0.6 is 0 Å². The van der Waals surface area contributed by atoms with E-state index in [1.807, 2.05) is 4.90 Å². The van der Waals surface area contributed by atoms with E-state index < -0.39 is 29.3 Å². The summed E-state index contributed by atoms with van der Waals surface area (Å²) in [5, 5.41) is 21.6. The van der Waals surface area contributed by atoms with E-state index in [-0.39, 0.29) is 88.3 Å². The normalized spacial score (nSPS) is 22.4. The Morgan fingerprint density at radius 3 is 2.78 bits per heavy atom. The highest BCUT2D eigenvalue weighted by Gasteiger charge is 2.53. The van der Waals surface area contributed by atoms with Crippen molar-refractivity contribution in [1.82, 2.24) is 24.8 Å². The lowest BCUT2D eigenvalue weighted by atomic mass is 9.82. The summed E-state index contributed by atoms with van der Waals surface area (Å²) in [5.41, 5.74) is -1.53. The monoisotopic (exact) mass is 753 g/mol. The summed E-state index contributed by atoms with van der Waals surface area (Å²) in [5.74, 6) is -0.0565. The molecule has 286 valence electrons. The van der Waals surface area contributed by atoms with Gasteiger partial charge in [-0.05, 0) is 62.3 Å². The van der Waals surface area contributed by atoms with Gasteiger partial charge in [0.15, 0.2) is 5.82 Å². The Labute approximate surface area is 317 Å². The van der Waals surface area contributed by atoms with Gasteiger partial charge in [0.05, 0.1) is 28.5 Å². The Kier molecular flexibility index (Phi) is 10.6. The van der Waals surface area contributed by atoms with Crippen LogP contribution in [0.4, 0.5) is 19.0 Å². The van der Waals surface area contributed by atoms with E-state index in [1.165, 1.54) is 36.5 Å². The first-order valence-electron chi connectivity index (χ1n) is 18.4. The quantitative estimate of drug-likeness (QED) is 0.154. The van der Waals surface area contributed by atoms with E-state index >= 15 is 8.78 Å². The summed E-state index contributed by atoms with van der Waals surface area (Å²) in [6, 6.07) is 7.17. The van der Waals surface area contributed by atoms with Crippen molar-refractivity contribution < 1.29 is 32.5 Å². The number of pyridine rings is 1. The van der Waals surface area contributed by atoms with Crippen LogP contribution in [0.25, 0.3) is 32.9 Å². The summed E-state index contributed by atoms with van der Waals surface area (Å²) < 4.78 is 59.4. The first-order valence-corrected chi connectivity index (χ1v) is 18.4. The van der Waals surface area contributed by atoms with Crippen molar-refractivity contribution in [3.8, 4) is 41.4 Å². The first kappa shape index (κ1) is 37.9. The number of anilines is 1. The van der Waals surface area contributed by atoms with E-state index in [4.69, 9.17) is 20.9 Å². The number of terminal acetylenes is 1. The lowest BCUT2D eigenvalue weighted by Gasteiger charge is -2.45. The number of likely N-dealkylation sites (N-methyl/N-ethyl adjacent to an activating group) is 1. The smallest absolute Gasteiger partial charge is 0.319 e. The summed E-state index contributed by atoms with van der Waals surface area (Å²) in [6.07, 6.45) is 10.1. The highest BCUT2D eigenvalue weighted by atomic mass is 19.1. The average Bonchev–Trinajstić information content (AvgIpc) is 3.80. The molecule has 14 heteroatoms. The predicted octanol–water partition coefficient (Wildman–Crippen LogP) is 5.92. The molecule has 3 saturated heterocycles. The van der Waals surface area contributed by atoms with Crippen molar-refractivity contribution >= 4 is 33.4 Å². The van der Waals surface area contributed by atoms with E-state index in [9.17, 15) is 19.6 Å². The lowest BCUT2D eigenvalue weighted by molar-refractivity contribution is -0.126. The van der Waals surface area contributed by atoms with Gasteiger partial charge in [-0.3, -0.25) is 14.7 Å². The molecule has 55 heavy (non-hydrogen) atoms. The van der Waals surface area contributed by atoms with E-state index in [1.54, 1.807) is 23.8 Å². The first-order chi connectivity index (χ1) is 26.5. The molecule has 0 saturated carbocycles. The number of nitrogens with zero attached hydrogens (tertiary/aromatic N) is 7. The zero-order chi connectivity index (χ0) is 39.0. The van der Waals surface area contributed by atoms with Crippen molar-refractivity contribution in [2.75, 3.05) is 51.4 Å². The van der Waals surface area contributed by atoms with E-state index in [0.717, 1.165) is 12.8 Å². The Morgan fingerprint density at radius 1 is 1.27 bits per heavy atom. The number of halogens is 3. The second kappa shape index (κ2) is 15.4. The number of likely N-dealkylation sites (tertiary alicyclic amines) is 2. The standard InChI is InChI=1S/C41H42F3N7O4/c1-5-30-33(43)10-9-25-16-29(52)17-31(35(25)30)37-36(44)38-32(20-46-37)39(49(4)22-28-8-7-13-50(28)34(53)6-2)48-40(47-38)55-23-41(24(3)19-45)18-26(42)21-51(41)27-11-14-54-15-12-27/h1,6,9-10,16-17,20,24,26-28,52H,2,7-8,11-15,18,21-23H2,3-4H3/t24-,26-,28+,41+/m1/s1. The second-order valence-corrected chi connectivity index (χ2v) is 14.6. The van der Waals surface area contributed by atoms with Gasteiger partial charge in [0.25, 0.3) is 0 Å². The molecule has 0 bridgehead atoms. The van der Waals surface area contributed by atoms with Crippen LogP contribution in [0.1, 0.15) is 44.6 Å². The van der Waals surface area contributed by atoms with Gasteiger partial charge in [-0.1, -0.05) is 18.6 Å². The summed E-state index contributed by atoms with van der Waals surface area (Å²) in [7, 11) is 1.76. The molecular formula is C41H42F3N7O4. The molecule has 3 aliphatic heterocycles. The molecule has 5 heterocycles. The van der Waals surface area contributed by atoms with Crippen LogP contribution in [0.15, 0.2) is 43.1 Å². The molecule has 2 aromatic carbocycles. The molecule has 11 nitrogen and oxygen atoms in total. The number of nitriles is 1. The number of aromatic hydroxyl groups is 1. The number of carbonyl (C=O) groups is 1. The Balaban J connectivity index is 1.35. The molecule has 0 unspecified atom stereocenters. The third-order valence-corrected chi connectivity index (χ3v) is 11.4. The van der Waals surface area contributed by atoms with Gasteiger partial charge >= 0.3 is 6.01 Å². The van der Waals surface area contributed by atoms with Crippen molar-refractivity contribution in [2.45, 2.75) is 62.8 Å². The number of ether oxygens (including phenoxy) is 2. The fourth-order valence-electron chi connectivity index (χ4n) is 8.63. The molecule has 2 aromatic heterocycles. The molecule has 0 radical (unpaired) electrons.